The number of piperidine rings is 1. The van der Waals surface area contributed by atoms with Crippen LogP contribution in [-0.2, 0) is 36.9 Å². The van der Waals surface area contributed by atoms with Crippen LogP contribution >= 0.6 is 0 Å². The van der Waals surface area contributed by atoms with E-state index in [1.54, 1.807) is 44.6 Å². The van der Waals surface area contributed by atoms with E-state index in [4.69, 9.17) is 18.9 Å². The Balaban J connectivity index is 1.34. The van der Waals surface area contributed by atoms with Gasteiger partial charge in [-0.15, -0.1) is 0 Å². The van der Waals surface area contributed by atoms with Gasteiger partial charge in [0.25, 0.3) is 5.91 Å². The number of benzene rings is 2. The van der Waals surface area contributed by atoms with Gasteiger partial charge in [0, 0.05) is 13.0 Å². The molecule has 0 radical (unpaired) electrons. The van der Waals surface area contributed by atoms with Crippen molar-refractivity contribution in [1.82, 2.24) is 19.4 Å². The van der Waals surface area contributed by atoms with Crippen molar-refractivity contribution in [1.29, 1.82) is 0 Å². The van der Waals surface area contributed by atoms with Crippen LogP contribution in [0.3, 0.4) is 0 Å². The molecule has 1 atom stereocenters. The molecule has 0 bridgehead atoms. The average Bonchev–Trinajstić information content (AvgIpc) is 3.24. The first-order valence-corrected chi connectivity index (χ1v) is 14.4. The highest BCUT2D eigenvalue weighted by molar-refractivity contribution is 6.00. The predicted molar refractivity (Wildman–Crippen MR) is 159 cm³/mol. The van der Waals surface area contributed by atoms with Crippen LogP contribution < -0.4 is 15.7 Å². The van der Waals surface area contributed by atoms with E-state index in [9.17, 15) is 19.2 Å². The van der Waals surface area contributed by atoms with E-state index in [1.807, 2.05) is 36.4 Å². The molecule has 4 rings (SSSR count). The lowest BCUT2D eigenvalue weighted by Gasteiger charge is -2.31. The van der Waals surface area contributed by atoms with Crippen LogP contribution in [0.2, 0.25) is 0 Å². The SMILES string of the molecule is COc1ccc(CN2C(=O)CC[C@H](n3c(=O)n(CCOCCOCCNC(=O)OC(C)(C)C)c4ccccc43)C2=O)cc1. The number of carbonyl (C=O) groups is 3. The molecule has 0 aliphatic carbocycles. The summed E-state index contributed by atoms with van der Waals surface area (Å²) < 4.78 is 24.6. The van der Waals surface area contributed by atoms with E-state index in [2.05, 4.69) is 5.32 Å². The Labute approximate surface area is 250 Å². The monoisotopic (exact) mass is 596 g/mol. The summed E-state index contributed by atoms with van der Waals surface area (Å²) in [5.74, 6) is 0.0260. The van der Waals surface area contributed by atoms with Gasteiger partial charge in [0.1, 0.15) is 17.4 Å². The highest BCUT2D eigenvalue weighted by Crippen LogP contribution is 2.28. The fourth-order valence-electron chi connectivity index (χ4n) is 4.91. The Kier molecular flexibility index (Phi) is 10.6. The van der Waals surface area contributed by atoms with Crippen LogP contribution in [0.15, 0.2) is 53.3 Å². The Hall–Kier alpha value is -4.16. The predicted octanol–water partition coefficient (Wildman–Crippen LogP) is 3.26. The third kappa shape index (κ3) is 8.23. The van der Waals surface area contributed by atoms with Crippen LogP contribution in [0.1, 0.15) is 45.2 Å². The number of para-hydroxylation sites is 2. The Morgan fingerprint density at radius 3 is 2.28 bits per heavy atom. The number of hydrogen-bond donors (Lipinski definition) is 1. The minimum Gasteiger partial charge on any atom is -0.497 e. The van der Waals surface area contributed by atoms with E-state index in [0.29, 0.717) is 43.1 Å². The maximum Gasteiger partial charge on any atom is 0.407 e. The van der Waals surface area contributed by atoms with E-state index in [0.717, 1.165) is 5.56 Å². The molecule has 0 saturated carbocycles. The molecule has 12 heteroatoms. The Bertz CT molecular complexity index is 1470. The number of nitrogens with zero attached hydrogens (tertiary/aromatic N) is 3. The number of rotatable bonds is 13. The zero-order valence-corrected chi connectivity index (χ0v) is 25.2. The number of nitrogens with one attached hydrogen (secondary N) is 1. The summed E-state index contributed by atoms with van der Waals surface area (Å²) >= 11 is 0. The zero-order valence-electron chi connectivity index (χ0n) is 25.2. The minimum absolute atomic E-state index is 0.124. The normalized spacial score (nSPS) is 15.6. The van der Waals surface area contributed by atoms with E-state index < -0.39 is 23.6 Å². The topological polar surface area (TPSA) is 130 Å². The lowest BCUT2D eigenvalue weighted by Crippen LogP contribution is -2.47. The van der Waals surface area contributed by atoms with Crippen LogP contribution in [-0.4, -0.2) is 77.6 Å². The van der Waals surface area contributed by atoms with Crippen molar-refractivity contribution >= 4 is 28.9 Å². The standard InChI is InChI=1S/C31H40N4O8/c1-31(2,3)43-29(38)32-15-17-41-19-20-42-18-16-33-24-7-5-6-8-25(24)35(30(33)39)26-13-14-27(36)34(28(26)37)21-22-9-11-23(40-4)12-10-22/h5-12,26H,13-21H2,1-4H3,(H,32,38)/t26-/m0/s1. The highest BCUT2D eigenvalue weighted by atomic mass is 16.6. The summed E-state index contributed by atoms with van der Waals surface area (Å²) in [5, 5.41) is 2.62. The molecule has 0 unspecified atom stereocenters. The van der Waals surface area contributed by atoms with Crippen molar-refractivity contribution in [2.24, 2.45) is 0 Å². The van der Waals surface area contributed by atoms with Gasteiger partial charge in [-0.1, -0.05) is 24.3 Å². The molecule has 12 nitrogen and oxygen atoms in total. The second kappa shape index (κ2) is 14.3. The number of amides is 3. The minimum atomic E-state index is -0.793. The first kappa shape index (κ1) is 31.8. The van der Waals surface area contributed by atoms with Gasteiger partial charge in [-0.25, -0.2) is 9.59 Å². The quantitative estimate of drug-likeness (QED) is 0.235. The summed E-state index contributed by atoms with van der Waals surface area (Å²) in [5.41, 5.74) is 1.22. The van der Waals surface area contributed by atoms with Gasteiger partial charge in [0.05, 0.1) is 57.7 Å². The molecule has 1 saturated heterocycles. The van der Waals surface area contributed by atoms with Crippen LogP contribution in [0.5, 0.6) is 5.75 Å². The Morgan fingerprint density at radius 2 is 1.60 bits per heavy atom. The molecule has 1 aliphatic rings. The summed E-state index contributed by atoms with van der Waals surface area (Å²) in [6.07, 6.45) is -0.0839. The first-order chi connectivity index (χ1) is 20.6. The lowest BCUT2D eigenvalue weighted by molar-refractivity contribution is -0.151. The summed E-state index contributed by atoms with van der Waals surface area (Å²) in [7, 11) is 1.57. The number of alkyl carbamates (subject to hydrolysis) is 1. The number of fused-ring (bicyclic) bond motifs is 1. The van der Waals surface area contributed by atoms with Gasteiger partial charge < -0.3 is 24.3 Å². The van der Waals surface area contributed by atoms with Gasteiger partial charge in [-0.05, 0) is 57.0 Å². The molecule has 43 heavy (non-hydrogen) atoms. The first-order valence-electron chi connectivity index (χ1n) is 14.4. The highest BCUT2D eigenvalue weighted by Gasteiger charge is 2.37. The largest absolute Gasteiger partial charge is 0.497 e. The number of likely N-dealkylation sites (tertiary alicyclic amines) is 1. The number of methoxy groups -OCH3 is 1. The summed E-state index contributed by atoms with van der Waals surface area (Å²) in [6.45, 7) is 7.29. The third-order valence-corrected chi connectivity index (χ3v) is 6.91. The molecule has 1 fully saturated rings. The maximum absolute atomic E-state index is 13.7. The van der Waals surface area contributed by atoms with E-state index in [-0.39, 0.29) is 44.1 Å². The molecule has 1 N–H and O–H groups in total. The van der Waals surface area contributed by atoms with Crippen molar-refractivity contribution in [3.63, 3.8) is 0 Å². The van der Waals surface area contributed by atoms with Crippen molar-refractivity contribution < 1.29 is 33.3 Å². The molecule has 3 aromatic rings. The van der Waals surface area contributed by atoms with Crippen molar-refractivity contribution in [3.05, 3.63) is 64.6 Å². The molecule has 2 heterocycles. The molecule has 2 aromatic carbocycles. The zero-order chi connectivity index (χ0) is 31.0. The van der Waals surface area contributed by atoms with Gasteiger partial charge in [0.2, 0.25) is 5.91 Å². The number of imidazole rings is 1. The molecule has 1 aliphatic heterocycles. The summed E-state index contributed by atoms with van der Waals surface area (Å²) in [6, 6.07) is 13.7. The third-order valence-electron chi connectivity index (χ3n) is 6.91. The van der Waals surface area contributed by atoms with Gasteiger partial charge in [-0.2, -0.15) is 0 Å². The molecular weight excluding hydrogens is 556 g/mol. The van der Waals surface area contributed by atoms with Gasteiger partial charge >= 0.3 is 11.8 Å². The smallest absolute Gasteiger partial charge is 0.407 e. The van der Waals surface area contributed by atoms with Crippen molar-refractivity contribution in [2.45, 2.75) is 58.3 Å². The fourth-order valence-corrected chi connectivity index (χ4v) is 4.91. The number of hydrogen-bond acceptors (Lipinski definition) is 8. The van der Waals surface area contributed by atoms with Crippen molar-refractivity contribution in [2.75, 3.05) is 40.1 Å². The molecule has 232 valence electrons. The maximum atomic E-state index is 13.7. The Morgan fingerprint density at radius 1 is 0.930 bits per heavy atom. The van der Waals surface area contributed by atoms with Gasteiger partial charge in [-0.3, -0.25) is 23.6 Å². The number of imide groups is 1. The van der Waals surface area contributed by atoms with Gasteiger partial charge in [0.15, 0.2) is 0 Å². The van der Waals surface area contributed by atoms with E-state index >= 15 is 0 Å². The lowest BCUT2D eigenvalue weighted by atomic mass is 10.0. The molecule has 1 aromatic heterocycles. The summed E-state index contributed by atoms with van der Waals surface area (Å²) in [4.78, 5) is 52.9. The number of carbonyl (C=O) groups excluding carboxylic acids is 3. The number of aromatic nitrogens is 2. The number of ether oxygens (including phenoxy) is 4. The van der Waals surface area contributed by atoms with Crippen LogP contribution in [0, 0.1) is 0 Å². The van der Waals surface area contributed by atoms with E-state index in [1.165, 1.54) is 9.47 Å². The second-order valence-corrected chi connectivity index (χ2v) is 11.2. The molecule has 3 amide bonds. The van der Waals surface area contributed by atoms with Crippen LogP contribution in [0.25, 0.3) is 11.0 Å². The second-order valence-electron chi connectivity index (χ2n) is 11.2. The average molecular weight is 597 g/mol. The molecule has 0 spiro atoms. The van der Waals surface area contributed by atoms with Crippen LogP contribution in [0.4, 0.5) is 4.79 Å². The molecular formula is C31H40N4O8. The van der Waals surface area contributed by atoms with Crippen molar-refractivity contribution in [3.8, 4) is 5.75 Å². The fraction of sp³-hybridized carbons (Fsp3) is 0.484.